The zero-order chi connectivity index (χ0) is 23.1. The molecule has 1 aromatic heterocycles. The van der Waals surface area contributed by atoms with Gasteiger partial charge in [0.15, 0.2) is 11.5 Å². The van der Waals surface area contributed by atoms with Crippen molar-refractivity contribution in [1.29, 1.82) is 0 Å². The molecule has 12 heteroatoms. The number of rotatable bonds is 9. The quantitative estimate of drug-likeness (QED) is 0.252. The summed E-state index contributed by atoms with van der Waals surface area (Å²) in [5, 5.41) is 26.0. The normalized spacial score (nSPS) is 10.7. The van der Waals surface area contributed by atoms with E-state index in [9.17, 15) is 20.2 Å². The van der Waals surface area contributed by atoms with Gasteiger partial charge < -0.3 is 9.47 Å². The zero-order valence-electron chi connectivity index (χ0n) is 16.6. The van der Waals surface area contributed by atoms with Crippen molar-refractivity contribution in [3.63, 3.8) is 0 Å². The Balaban J connectivity index is 1.75. The number of halogens is 1. The largest absolute Gasteiger partial charge is 0.493 e. The summed E-state index contributed by atoms with van der Waals surface area (Å²) in [4.78, 5) is 24.8. The molecule has 0 atom stereocenters. The van der Waals surface area contributed by atoms with Crippen LogP contribution in [0.3, 0.4) is 0 Å². The van der Waals surface area contributed by atoms with Crippen LogP contribution in [0.1, 0.15) is 11.1 Å². The van der Waals surface area contributed by atoms with Gasteiger partial charge in [-0.2, -0.15) is 5.10 Å². The first-order valence-corrected chi connectivity index (χ1v) is 9.80. The molecule has 0 aliphatic carbocycles. The summed E-state index contributed by atoms with van der Waals surface area (Å²) in [5.41, 5.74) is 3.56. The van der Waals surface area contributed by atoms with Gasteiger partial charge in [-0.25, -0.2) is 4.98 Å². The fourth-order valence-electron chi connectivity index (χ4n) is 2.64. The van der Waals surface area contributed by atoms with E-state index in [0.29, 0.717) is 27.1 Å². The van der Waals surface area contributed by atoms with Gasteiger partial charge in [0.25, 0.3) is 5.69 Å². The van der Waals surface area contributed by atoms with Crippen molar-refractivity contribution in [1.82, 2.24) is 4.98 Å². The molecule has 2 aromatic carbocycles. The number of ether oxygens (including phenoxy) is 2. The van der Waals surface area contributed by atoms with Gasteiger partial charge >= 0.3 is 5.69 Å². The Kier molecular flexibility index (Phi) is 7.29. The maximum absolute atomic E-state index is 11.0. The lowest BCUT2D eigenvalue weighted by molar-refractivity contribution is -0.385. The molecule has 11 nitrogen and oxygen atoms in total. The Labute approximate surface area is 190 Å². The number of methoxy groups -OCH3 is 1. The minimum absolute atomic E-state index is 0.00810. The molecular weight excluding hydrogens is 486 g/mol. The maximum Gasteiger partial charge on any atom is 0.313 e. The fraction of sp³-hybridized carbons (Fsp3) is 0.100. The van der Waals surface area contributed by atoms with Gasteiger partial charge in [0.1, 0.15) is 6.61 Å². The number of nitro groups is 2. The highest BCUT2D eigenvalue weighted by Crippen LogP contribution is 2.33. The van der Waals surface area contributed by atoms with Crippen molar-refractivity contribution >= 4 is 39.3 Å². The van der Waals surface area contributed by atoms with Crippen LogP contribution in [-0.2, 0) is 6.61 Å². The molecule has 0 saturated heterocycles. The van der Waals surface area contributed by atoms with Gasteiger partial charge in [0.2, 0.25) is 5.82 Å². The van der Waals surface area contributed by atoms with Gasteiger partial charge in [-0.05, 0) is 39.7 Å². The molecule has 3 rings (SSSR count). The van der Waals surface area contributed by atoms with Crippen LogP contribution >= 0.6 is 15.9 Å². The van der Waals surface area contributed by atoms with Gasteiger partial charge in [-0.3, -0.25) is 25.7 Å². The van der Waals surface area contributed by atoms with Crippen molar-refractivity contribution < 1.29 is 19.3 Å². The molecule has 0 fully saturated rings. The van der Waals surface area contributed by atoms with Gasteiger partial charge in [0.05, 0.1) is 23.2 Å². The van der Waals surface area contributed by atoms with E-state index in [2.05, 4.69) is 31.4 Å². The number of pyridine rings is 1. The van der Waals surface area contributed by atoms with E-state index in [4.69, 9.17) is 9.47 Å². The number of anilines is 1. The number of hydrogen-bond acceptors (Lipinski definition) is 9. The minimum Gasteiger partial charge on any atom is -0.493 e. The molecule has 0 bridgehead atoms. The first kappa shape index (κ1) is 22.6. The lowest BCUT2D eigenvalue weighted by Crippen LogP contribution is -2.01. The van der Waals surface area contributed by atoms with Crippen molar-refractivity contribution in [3.8, 4) is 11.5 Å². The van der Waals surface area contributed by atoms with Crippen LogP contribution in [0, 0.1) is 20.2 Å². The van der Waals surface area contributed by atoms with Gasteiger partial charge in [-0.1, -0.05) is 12.1 Å². The van der Waals surface area contributed by atoms with E-state index < -0.39 is 9.85 Å². The number of hydrazone groups is 1. The predicted molar refractivity (Wildman–Crippen MR) is 120 cm³/mol. The summed E-state index contributed by atoms with van der Waals surface area (Å²) in [6, 6.07) is 12.2. The Bertz CT molecular complexity index is 1190. The lowest BCUT2D eigenvalue weighted by atomic mass is 10.2. The number of nitrogens with one attached hydrogen (secondary N) is 1. The molecule has 0 radical (unpaired) electrons. The van der Waals surface area contributed by atoms with Crippen LogP contribution < -0.4 is 14.9 Å². The predicted octanol–water partition coefficient (Wildman–Crippen LogP) is 4.69. The molecule has 0 aliphatic rings. The summed E-state index contributed by atoms with van der Waals surface area (Å²) in [6.45, 7) is 0.100. The number of nitrogens with zero attached hydrogens (tertiary/aromatic N) is 4. The molecule has 0 aliphatic heterocycles. The van der Waals surface area contributed by atoms with Gasteiger partial charge in [0, 0.05) is 34.4 Å². The number of aromatic nitrogens is 1. The van der Waals surface area contributed by atoms with E-state index in [0.717, 1.165) is 0 Å². The summed E-state index contributed by atoms with van der Waals surface area (Å²) >= 11 is 3.42. The van der Waals surface area contributed by atoms with E-state index in [1.54, 1.807) is 24.3 Å². The minimum atomic E-state index is -0.558. The summed E-state index contributed by atoms with van der Waals surface area (Å²) in [5.74, 6) is 0.828. The summed E-state index contributed by atoms with van der Waals surface area (Å²) in [7, 11) is 1.47. The summed E-state index contributed by atoms with van der Waals surface area (Å²) in [6.07, 6.45) is 2.85. The number of non-ortho nitro benzene ring substituents is 1. The standard InChI is InChI=1S/C20H16BrN5O6/c1-31-18-9-14(11-23-24-20-17(26(29)30)6-3-7-22-20)16(21)10-19(18)32-12-13-4-2-5-15(8-13)25(27)28/h2-11H,12H2,1H3,(H,22,24)/b23-11-. The average molecular weight is 502 g/mol. The molecule has 32 heavy (non-hydrogen) atoms. The molecule has 0 spiro atoms. The fourth-order valence-corrected chi connectivity index (χ4v) is 3.06. The third-order valence-corrected chi connectivity index (χ3v) is 4.84. The lowest BCUT2D eigenvalue weighted by Gasteiger charge is -2.13. The second-order valence-electron chi connectivity index (χ2n) is 6.24. The topological polar surface area (TPSA) is 142 Å². The maximum atomic E-state index is 11.0. The average Bonchev–Trinajstić information content (AvgIpc) is 2.79. The molecule has 164 valence electrons. The van der Waals surface area contributed by atoms with E-state index in [-0.39, 0.29) is 23.8 Å². The Morgan fingerprint density at radius 2 is 1.94 bits per heavy atom. The Hall–Kier alpha value is -4.06. The van der Waals surface area contributed by atoms with E-state index in [1.165, 1.54) is 43.8 Å². The molecule has 1 N–H and O–H groups in total. The summed E-state index contributed by atoms with van der Waals surface area (Å²) < 4.78 is 11.8. The molecule has 0 saturated carbocycles. The molecule has 1 heterocycles. The highest BCUT2D eigenvalue weighted by atomic mass is 79.9. The third-order valence-electron chi connectivity index (χ3n) is 4.16. The molecule has 3 aromatic rings. The number of hydrogen-bond donors (Lipinski definition) is 1. The van der Waals surface area contributed by atoms with Crippen molar-refractivity contribution in [2.75, 3.05) is 12.5 Å². The van der Waals surface area contributed by atoms with Crippen LogP contribution in [0.25, 0.3) is 0 Å². The van der Waals surface area contributed by atoms with Crippen LogP contribution in [0.15, 0.2) is 64.3 Å². The Morgan fingerprint density at radius 3 is 2.66 bits per heavy atom. The van der Waals surface area contributed by atoms with Crippen LogP contribution in [0.4, 0.5) is 17.2 Å². The zero-order valence-corrected chi connectivity index (χ0v) is 18.2. The second kappa shape index (κ2) is 10.3. The van der Waals surface area contributed by atoms with Crippen molar-refractivity contribution in [2.24, 2.45) is 5.10 Å². The van der Waals surface area contributed by atoms with E-state index >= 15 is 0 Å². The van der Waals surface area contributed by atoms with E-state index in [1.807, 2.05) is 0 Å². The third kappa shape index (κ3) is 5.55. The van der Waals surface area contributed by atoms with Crippen molar-refractivity contribution in [3.05, 3.63) is 90.6 Å². The van der Waals surface area contributed by atoms with Gasteiger partial charge in [-0.15, -0.1) is 0 Å². The first-order valence-electron chi connectivity index (χ1n) is 9.01. The SMILES string of the molecule is COc1cc(/C=N\Nc2ncccc2[N+](=O)[O-])c(Br)cc1OCc1cccc([N+](=O)[O-])c1. The number of nitro benzene ring substituents is 1. The molecular formula is C20H16BrN5O6. The monoisotopic (exact) mass is 501 g/mol. The highest BCUT2D eigenvalue weighted by Gasteiger charge is 2.14. The smallest absolute Gasteiger partial charge is 0.313 e. The Morgan fingerprint density at radius 1 is 1.12 bits per heavy atom. The van der Waals surface area contributed by atoms with Crippen LogP contribution in [-0.4, -0.2) is 28.2 Å². The first-order chi connectivity index (χ1) is 15.4. The molecule has 0 unspecified atom stereocenters. The molecule has 0 amide bonds. The second-order valence-corrected chi connectivity index (χ2v) is 7.09. The van der Waals surface area contributed by atoms with Crippen molar-refractivity contribution in [2.45, 2.75) is 6.61 Å². The highest BCUT2D eigenvalue weighted by molar-refractivity contribution is 9.10. The van der Waals surface area contributed by atoms with Crippen LogP contribution in [0.5, 0.6) is 11.5 Å². The number of benzene rings is 2. The van der Waals surface area contributed by atoms with Crippen LogP contribution in [0.2, 0.25) is 0 Å².